The van der Waals surface area contributed by atoms with E-state index in [1.165, 1.54) is 37.4 Å². The molecule has 2 saturated heterocycles. The second-order valence-electron chi connectivity index (χ2n) is 4.89. The molecule has 3 unspecified atom stereocenters. The highest BCUT2D eigenvalue weighted by Gasteiger charge is 2.27. The summed E-state index contributed by atoms with van der Waals surface area (Å²) in [7, 11) is 2.24. The van der Waals surface area contributed by atoms with Gasteiger partial charge in [-0.2, -0.15) is 11.8 Å². The summed E-state index contributed by atoms with van der Waals surface area (Å²) in [5, 5.41) is 3.84. The van der Waals surface area contributed by atoms with E-state index in [1.54, 1.807) is 0 Å². The minimum atomic E-state index is 0.750. The number of thioether (sulfide) groups is 1. The van der Waals surface area contributed by atoms with Crippen LogP contribution in [0.5, 0.6) is 0 Å². The smallest absolute Gasteiger partial charge is 0.0198 e. The molecule has 0 aromatic rings. The predicted molar refractivity (Wildman–Crippen MR) is 63.9 cm³/mol. The first-order valence-corrected chi connectivity index (χ1v) is 6.93. The molecule has 0 amide bonds. The monoisotopic (exact) mass is 214 g/mol. The van der Waals surface area contributed by atoms with Crippen molar-refractivity contribution in [1.82, 2.24) is 10.2 Å². The van der Waals surface area contributed by atoms with E-state index in [-0.39, 0.29) is 0 Å². The Morgan fingerprint density at radius 3 is 2.86 bits per heavy atom. The van der Waals surface area contributed by atoms with Gasteiger partial charge in [0.05, 0.1) is 0 Å². The van der Waals surface area contributed by atoms with Gasteiger partial charge in [-0.25, -0.2) is 0 Å². The van der Waals surface area contributed by atoms with Crippen molar-refractivity contribution >= 4 is 11.8 Å². The van der Waals surface area contributed by atoms with Crippen LogP contribution in [0.1, 0.15) is 19.8 Å². The third-order valence-electron chi connectivity index (χ3n) is 3.44. The van der Waals surface area contributed by atoms with Crippen molar-refractivity contribution in [2.45, 2.75) is 31.8 Å². The quantitative estimate of drug-likeness (QED) is 0.748. The molecule has 0 saturated carbocycles. The second kappa shape index (κ2) is 4.86. The summed E-state index contributed by atoms with van der Waals surface area (Å²) in [6.07, 6.45) is 2.74. The number of nitrogens with zero attached hydrogens (tertiary/aromatic N) is 1. The van der Waals surface area contributed by atoms with E-state index in [2.05, 4.69) is 35.9 Å². The summed E-state index contributed by atoms with van der Waals surface area (Å²) in [4.78, 5) is 2.45. The molecule has 3 atom stereocenters. The highest BCUT2D eigenvalue weighted by molar-refractivity contribution is 7.99. The molecule has 0 spiro atoms. The molecule has 14 heavy (non-hydrogen) atoms. The maximum absolute atomic E-state index is 3.84. The third-order valence-corrected chi connectivity index (χ3v) is 4.80. The number of rotatable bonds is 2. The molecule has 0 aromatic heterocycles. The van der Waals surface area contributed by atoms with Crippen LogP contribution in [0.3, 0.4) is 0 Å². The Kier molecular flexibility index (Phi) is 3.74. The Morgan fingerprint density at radius 2 is 2.21 bits per heavy atom. The summed E-state index contributed by atoms with van der Waals surface area (Å²) in [6, 6.07) is 1.52. The van der Waals surface area contributed by atoms with Gasteiger partial charge in [0.25, 0.3) is 0 Å². The SMILES string of the molecule is CC1CSCC1NC1CCCN(C)C1. The summed E-state index contributed by atoms with van der Waals surface area (Å²) >= 11 is 2.10. The fourth-order valence-corrected chi connectivity index (χ4v) is 3.90. The summed E-state index contributed by atoms with van der Waals surface area (Å²) in [5.41, 5.74) is 0. The first kappa shape index (κ1) is 10.8. The van der Waals surface area contributed by atoms with Crippen molar-refractivity contribution in [3.8, 4) is 0 Å². The van der Waals surface area contributed by atoms with Gasteiger partial charge in [0.2, 0.25) is 0 Å². The van der Waals surface area contributed by atoms with Crippen LogP contribution >= 0.6 is 11.8 Å². The van der Waals surface area contributed by atoms with E-state index in [0.29, 0.717) is 0 Å². The van der Waals surface area contributed by atoms with E-state index in [9.17, 15) is 0 Å². The Balaban J connectivity index is 1.78. The number of nitrogens with one attached hydrogen (secondary N) is 1. The zero-order valence-corrected chi connectivity index (χ0v) is 10.1. The molecule has 2 aliphatic heterocycles. The Labute approximate surface area is 91.8 Å². The van der Waals surface area contributed by atoms with Crippen LogP contribution in [0.2, 0.25) is 0 Å². The number of piperidine rings is 1. The van der Waals surface area contributed by atoms with Gasteiger partial charge in [-0.3, -0.25) is 0 Å². The predicted octanol–water partition coefficient (Wildman–Crippen LogP) is 1.42. The molecule has 0 bridgehead atoms. The largest absolute Gasteiger partial charge is 0.309 e. The van der Waals surface area contributed by atoms with Crippen LogP contribution in [-0.2, 0) is 0 Å². The van der Waals surface area contributed by atoms with E-state index in [1.807, 2.05) is 0 Å². The maximum Gasteiger partial charge on any atom is 0.0198 e. The molecule has 2 nitrogen and oxygen atoms in total. The molecule has 3 heteroatoms. The van der Waals surface area contributed by atoms with Crippen molar-refractivity contribution < 1.29 is 0 Å². The molecule has 2 heterocycles. The molecular weight excluding hydrogens is 192 g/mol. The normalized spacial score (nSPS) is 40.3. The highest BCUT2D eigenvalue weighted by Crippen LogP contribution is 2.24. The molecule has 1 N–H and O–H groups in total. The molecule has 0 aromatic carbocycles. The minimum absolute atomic E-state index is 0.750. The van der Waals surface area contributed by atoms with Crippen LogP contribution in [0.4, 0.5) is 0 Å². The van der Waals surface area contributed by atoms with E-state index in [0.717, 1.165) is 18.0 Å². The lowest BCUT2D eigenvalue weighted by Gasteiger charge is -2.33. The standard InChI is InChI=1S/C11H22N2S/c1-9-7-14-8-11(9)12-10-4-3-5-13(2)6-10/h9-12H,3-8H2,1-2H3. The molecule has 2 rings (SSSR count). The first-order valence-electron chi connectivity index (χ1n) is 5.78. The van der Waals surface area contributed by atoms with Crippen molar-refractivity contribution in [1.29, 1.82) is 0 Å². The maximum atomic E-state index is 3.84. The molecule has 0 aliphatic carbocycles. The summed E-state index contributed by atoms with van der Waals surface area (Å²) in [5.74, 6) is 3.54. The number of hydrogen-bond donors (Lipinski definition) is 1. The molecular formula is C11H22N2S. The highest BCUT2D eigenvalue weighted by atomic mass is 32.2. The topological polar surface area (TPSA) is 15.3 Å². The zero-order chi connectivity index (χ0) is 9.97. The van der Waals surface area contributed by atoms with Crippen LogP contribution in [0.25, 0.3) is 0 Å². The lowest BCUT2D eigenvalue weighted by molar-refractivity contribution is 0.212. The van der Waals surface area contributed by atoms with Gasteiger partial charge in [0.15, 0.2) is 0 Å². The van der Waals surface area contributed by atoms with E-state index >= 15 is 0 Å². The van der Waals surface area contributed by atoms with E-state index in [4.69, 9.17) is 0 Å². The van der Waals surface area contributed by atoms with Crippen molar-refractivity contribution in [3.63, 3.8) is 0 Å². The minimum Gasteiger partial charge on any atom is -0.309 e. The van der Waals surface area contributed by atoms with Crippen LogP contribution in [0, 0.1) is 5.92 Å². The number of likely N-dealkylation sites (N-methyl/N-ethyl adjacent to an activating group) is 1. The number of hydrogen-bond acceptors (Lipinski definition) is 3. The Hall–Kier alpha value is 0.270. The Morgan fingerprint density at radius 1 is 1.36 bits per heavy atom. The second-order valence-corrected chi connectivity index (χ2v) is 5.96. The van der Waals surface area contributed by atoms with Gasteiger partial charge < -0.3 is 10.2 Å². The van der Waals surface area contributed by atoms with Gasteiger partial charge in [0, 0.05) is 24.4 Å². The Bertz CT molecular complexity index is 186. The fraction of sp³-hybridized carbons (Fsp3) is 1.00. The van der Waals surface area contributed by atoms with Gasteiger partial charge in [0.1, 0.15) is 0 Å². The van der Waals surface area contributed by atoms with Crippen LogP contribution < -0.4 is 5.32 Å². The molecule has 82 valence electrons. The van der Waals surface area contributed by atoms with Crippen molar-refractivity contribution in [2.24, 2.45) is 5.92 Å². The third kappa shape index (κ3) is 2.65. The summed E-state index contributed by atoms with van der Waals surface area (Å²) < 4.78 is 0. The van der Waals surface area contributed by atoms with Gasteiger partial charge in [-0.15, -0.1) is 0 Å². The first-order chi connectivity index (χ1) is 6.75. The molecule has 2 fully saturated rings. The zero-order valence-electron chi connectivity index (χ0n) is 9.33. The fourth-order valence-electron chi connectivity index (χ4n) is 2.48. The van der Waals surface area contributed by atoms with Crippen LogP contribution in [-0.4, -0.2) is 48.6 Å². The average molecular weight is 214 g/mol. The number of likely N-dealkylation sites (tertiary alicyclic amines) is 1. The molecule has 0 radical (unpaired) electrons. The molecule has 2 aliphatic rings. The van der Waals surface area contributed by atoms with Crippen molar-refractivity contribution in [3.05, 3.63) is 0 Å². The lowest BCUT2D eigenvalue weighted by Crippen LogP contribution is -2.49. The van der Waals surface area contributed by atoms with Gasteiger partial charge in [-0.1, -0.05) is 6.92 Å². The van der Waals surface area contributed by atoms with Gasteiger partial charge in [-0.05, 0) is 38.1 Å². The average Bonchev–Trinajstić information content (AvgIpc) is 2.52. The summed E-state index contributed by atoms with van der Waals surface area (Å²) in [6.45, 7) is 4.91. The lowest BCUT2D eigenvalue weighted by atomic mass is 10.0. The van der Waals surface area contributed by atoms with Crippen LogP contribution in [0.15, 0.2) is 0 Å². The van der Waals surface area contributed by atoms with Gasteiger partial charge >= 0.3 is 0 Å². The van der Waals surface area contributed by atoms with Crippen molar-refractivity contribution in [2.75, 3.05) is 31.6 Å². The van der Waals surface area contributed by atoms with E-state index < -0.39 is 0 Å².